The second-order valence-electron chi connectivity index (χ2n) is 5.01. The van der Waals surface area contributed by atoms with Crippen molar-refractivity contribution in [1.29, 1.82) is 0 Å². The summed E-state index contributed by atoms with van der Waals surface area (Å²) in [7, 11) is 1.77. The quantitative estimate of drug-likeness (QED) is 0.449. The Morgan fingerprint density at radius 2 is 1.95 bits per heavy atom. The smallest absolute Gasteiger partial charge is 0.244 e. The number of aliphatic imine (C=N–C) groups is 1. The molecule has 0 spiro atoms. The van der Waals surface area contributed by atoms with Gasteiger partial charge in [-0.1, -0.05) is 30.3 Å². The highest BCUT2D eigenvalue weighted by molar-refractivity contribution is 14.0. The maximum atomic E-state index is 12.1. The fraction of sp³-hybridized carbons (Fsp3) is 0.467. The van der Waals surface area contributed by atoms with Crippen LogP contribution in [0.2, 0.25) is 0 Å². The Morgan fingerprint density at radius 1 is 1.32 bits per heavy atom. The van der Waals surface area contributed by atoms with Crippen LogP contribution in [0.4, 0.5) is 0 Å². The lowest BCUT2D eigenvalue weighted by atomic mass is 10.2. The maximum absolute atomic E-state index is 12.1. The largest absolute Gasteiger partial charge is 0.378 e. The number of ether oxygens (including phenoxy) is 1. The van der Waals surface area contributed by atoms with E-state index in [0.29, 0.717) is 25.7 Å². The Labute approximate surface area is 148 Å². The Bertz CT molecular complexity index is 490. The average molecular weight is 418 g/mol. The molecule has 1 aromatic carbocycles. The van der Waals surface area contributed by atoms with E-state index in [-0.39, 0.29) is 36.4 Å². The SMILES string of the molecule is CN(Cc1ccccc1)C(=O)CN=C(N)N1CCOCC1.I. The highest BCUT2D eigenvalue weighted by Gasteiger charge is 2.13. The van der Waals surface area contributed by atoms with E-state index in [1.54, 1.807) is 11.9 Å². The number of halogens is 1. The van der Waals surface area contributed by atoms with Gasteiger partial charge < -0.3 is 20.3 Å². The molecule has 1 aliphatic heterocycles. The van der Waals surface area contributed by atoms with Gasteiger partial charge in [0, 0.05) is 26.7 Å². The fourth-order valence-corrected chi connectivity index (χ4v) is 2.11. The molecule has 2 N–H and O–H groups in total. The summed E-state index contributed by atoms with van der Waals surface area (Å²) in [6, 6.07) is 9.87. The molecule has 0 saturated carbocycles. The summed E-state index contributed by atoms with van der Waals surface area (Å²) in [5, 5.41) is 0. The molecule has 0 aliphatic carbocycles. The van der Waals surface area contributed by atoms with Gasteiger partial charge in [0.2, 0.25) is 5.91 Å². The lowest BCUT2D eigenvalue weighted by Crippen LogP contribution is -2.45. The first kappa shape index (κ1) is 18.7. The first-order valence-electron chi connectivity index (χ1n) is 7.07. The summed E-state index contributed by atoms with van der Waals surface area (Å²) in [4.78, 5) is 19.8. The summed E-state index contributed by atoms with van der Waals surface area (Å²) in [6.45, 7) is 3.40. The van der Waals surface area contributed by atoms with Crippen molar-refractivity contribution < 1.29 is 9.53 Å². The van der Waals surface area contributed by atoms with E-state index in [1.165, 1.54) is 0 Å². The molecule has 0 aromatic heterocycles. The third-order valence-electron chi connectivity index (χ3n) is 3.40. The van der Waals surface area contributed by atoms with Gasteiger partial charge >= 0.3 is 0 Å². The number of rotatable bonds is 4. The molecular weight excluding hydrogens is 395 g/mol. The number of guanidine groups is 1. The zero-order chi connectivity index (χ0) is 15.1. The number of likely N-dealkylation sites (N-methyl/N-ethyl adjacent to an activating group) is 1. The van der Waals surface area contributed by atoms with E-state index in [4.69, 9.17) is 10.5 Å². The van der Waals surface area contributed by atoms with Crippen molar-refractivity contribution in [1.82, 2.24) is 9.80 Å². The number of nitrogens with zero attached hydrogens (tertiary/aromatic N) is 3. The monoisotopic (exact) mass is 418 g/mol. The first-order valence-corrected chi connectivity index (χ1v) is 7.07. The normalized spacial score (nSPS) is 15.1. The van der Waals surface area contributed by atoms with Crippen LogP contribution in [0.3, 0.4) is 0 Å². The number of amides is 1. The summed E-state index contributed by atoms with van der Waals surface area (Å²) in [5.41, 5.74) is 6.99. The molecule has 1 heterocycles. The lowest BCUT2D eigenvalue weighted by Gasteiger charge is -2.27. The predicted octanol–water partition coefficient (Wildman–Crippen LogP) is 0.910. The first-order chi connectivity index (χ1) is 10.2. The van der Waals surface area contributed by atoms with Crippen LogP contribution in [0.5, 0.6) is 0 Å². The van der Waals surface area contributed by atoms with Gasteiger partial charge in [-0.05, 0) is 5.56 Å². The van der Waals surface area contributed by atoms with Crippen molar-refractivity contribution in [3.63, 3.8) is 0 Å². The van der Waals surface area contributed by atoms with Crippen LogP contribution in [0.15, 0.2) is 35.3 Å². The van der Waals surface area contributed by atoms with Crippen LogP contribution in [0.25, 0.3) is 0 Å². The molecule has 2 rings (SSSR count). The van der Waals surface area contributed by atoms with Crippen LogP contribution < -0.4 is 5.73 Å². The Hall–Kier alpha value is -1.35. The number of carbonyl (C=O) groups is 1. The Morgan fingerprint density at radius 3 is 2.59 bits per heavy atom. The van der Waals surface area contributed by atoms with E-state index in [1.807, 2.05) is 35.2 Å². The van der Waals surface area contributed by atoms with E-state index in [2.05, 4.69) is 4.99 Å². The number of hydrogen-bond donors (Lipinski definition) is 1. The number of nitrogens with two attached hydrogens (primary N) is 1. The average Bonchev–Trinajstić information content (AvgIpc) is 2.54. The van der Waals surface area contributed by atoms with Gasteiger partial charge in [-0.2, -0.15) is 0 Å². The zero-order valence-electron chi connectivity index (χ0n) is 12.8. The molecule has 0 bridgehead atoms. The summed E-state index contributed by atoms with van der Waals surface area (Å²) in [6.07, 6.45) is 0. The second-order valence-corrected chi connectivity index (χ2v) is 5.01. The molecule has 122 valence electrons. The molecule has 0 radical (unpaired) electrons. The minimum Gasteiger partial charge on any atom is -0.378 e. The van der Waals surface area contributed by atoms with E-state index in [9.17, 15) is 4.79 Å². The highest BCUT2D eigenvalue weighted by atomic mass is 127. The van der Waals surface area contributed by atoms with Crippen LogP contribution in [0, 0.1) is 0 Å². The molecule has 6 nitrogen and oxygen atoms in total. The molecule has 0 atom stereocenters. The zero-order valence-corrected chi connectivity index (χ0v) is 15.1. The van der Waals surface area contributed by atoms with Crippen LogP contribution in [-0.4, -0.2) is 61.6 Å². The van der Waals surface area contributed by atoms with Crippen LogP contribution in [-0.2, 0) is 16.1 Å². The van der Waals surface area contributed by atoms with Crippen molar-refractivity contribution in [2.24, 2.45) is 10.7 Å². The standard InChI is InChI=1S/C15H22N4O2.HI/c1-18(12-13-5-3-2-4-6-13)14(20)11-17-15(16)19-7-9-21-10-8-19;/h2-6H,7-12H2,1H3,(H2,16,17);1H. The summed E-state index contributed by atoms with van der Waals surface area (Å²) < 4.78 is 5.25. The fourth-order valence-electron chi connectivity index (χ4n) is 2.11. The topological polar surface area (TPSA) is 71.2 Å². The maximum Gasteiger partial charge on any atom is 0.244 e. The number of morpholine rings is 1. The van der Waals surface area contributed by atoms with E-state index >= 15 is 0 Å². The van der Waals surface area contributed by atoms with Crippen LogP contribution in [0.1, 0.15) is 5.56 Å². The second kappa shape index (κ2) is 9.62. The van der Waals surface area contributed by atoms with Crippen molar-refractivity contribution >= 4 is 35.8 Å². The minimum absolute atomic E-state index is 0. The van der Waals surface area contributed by atoms with Gasteiger partial charge in [-0.15, -0.1) is 24.0 Å². The predicted molar refractivity (Wildman–Crippen MR) is 97.2 cm³/mol. The molecular formula is C15H23IN4O2. The third kappa shape index (κ3) is 5.80. The van der Waals surface area contributed by atoms with Crippen molar-refractivity contribution in [3.05, 3.63) is 35.9 Å². The molecule has 7 heteroatoms. The summed E-state index contributed by atoms with van der Waals surface area (Å²) in [5.74, 6) is 0.370. The molecule has 22 heavy (non-hydrogen) atoms. The van der Waals surface area contributed by atoms with Gasteiger partial charge in [0.25, 0.3) is 0 Å². The van der Waals surface area contributed by atoms with Crippen molar-refractivity contribution in [3.8, 4) is 0 Å². The molecule has 1 aliphatic rings. The molecule has 1 amide bonds. The minimum atomic E-state index is -0.0462. The van der Waals surface area contributed by atoms with Gasteiger partial charge in [0.1, 0.15) is 6.54 Å². The molecule has 0 unspecified atom stereocenters. The lowest BCUT2D eigenvalue weighted by molar-refractivity contribution is -0.128. The Balaban J connectivity index is 0.00000242. The molecule has 1 fully saturated rings. The number of hydrogen-bond acceptors (Lipinski definition) is 3. The van der Waals surface area contributed by atoms with E-state index in [0.717, 1.165) is 18.7 Å². The van der Waals surface area contributed by atoms with Crippen LogP contribution >= 0.6 is 24.0 Å². The van der Waals surface area contributed by atoms with Gasteiger partial charge in [-0.3, -0.25) is 4.79 Å². The summed E-state index contributed by atoms with van der Waals surface area (Å²) >= 11 is 0. The van der Waals surface area contributed by atoms with E-state index < -0.39 is 0 Å². The highest BCUT2D eigenvalue weighted by Crippen LogP contribution is 2.03. The third-order valence-corrected chi connectivity index (χ3v) is 3.40. The van der Waals surface area contributed by atoms with Gasteiger partial charge in [-0.25, -0.2) is 4.99 Å². The number of carbonyl (C=O) groups excluding carboxylic acids is 1. The van der Waals surface area contributed by atoms with Crippen molar-refractivity contribution in [2.75, 3.05) is 39.9 Å². The number of benzene rings is 1. The van der Waals surface area contributed by atoms with Gasteiger partial charge in [0.05, 0.1) is 13.2 Å². The van der Waals surface area contributed by atoms with Crippen molar-refractivity contribution in [2.45, 2.75) is 6.54 Å². The van der Waals surface area contributed by atoms with Gasteiger partial charge in [0.15, 0.2) is 5.96 Å². The molecule has 1 aromatic rings. The molecule has 1 saturated heterocycles. The Kier molecular flexibility index (Phi) is 8.18.